The van der Waals surface area contributed by atoms with Crippen molar-refractivity contribution in [2.24, 2.45) is 7.05 Å². The van der Waals surface area contributed by atoms with Gasteiger partial charge in [-0.05, 0) is 18.2 Å². The van der Waals surface area contributed by atoms with Gasteiger partial charge in [0, 0.05) is 44.6 Å². The highest BCUT2D eigenvalue weighted by molar-refractivity contribution is 5.85. The fraction of sp³-hybridized carbons (Fsp3) is 0.389. The third kappa shape index (κ3) is 3.44. The van der Waals surface area contributed by atoms with E-state index in [0.29, 0.717) is 24.0 Å². The first-order chi connectivity index (χ1) is 13.3. The van der Waals surface area contributed by atoms with Crippen LogP contribution >= 0.6 is 12.4 Å². The monoisotopic (exact) mass is 404 g/mol. The highest BCUT2D eigenvalue weighted by atomic mass is 35.5. The molecule has 9 nitrogen and oxygen atoms in total. The largest absolute Gasteiger partial charge is 0.454 e. The van der Waals surface area contributed by atoms with Crippen LogP contribution in [-0.4, -0.2) is 51.0 Å². The second-order valence-corrected chi connectivity index (χ2v) is 6.67. The molecule has 1 aromatic carbocycles. The van der Waals surface area contributed by atoms with Gasteiger partial charge in [-0.15, -0.1) is 12.4 Å². The Hall–Kier alpha value is -2.62. The van der Waals surface area contributed by atoms with Crippen molar-refractivity contribution in [2.75, 3.05) is 26.4 Å². The van der Waals surface area contributed by atoms with Gasteiger partial charge in [-0.25, -0.2) is 4.98 Å². The van der Waals surface area contributed by atoms with Crippen LogP contribution in [0.3, 0.4) is 0 Å². The van der Waals surface area contributed by atoms with Crippen molar-refractivity contribution >= 4 is 12.4 Å². The van der Waals surface area contributed by atoms with Gasteiger partial charge in [0.2, 0.25) is 18.5 Å². The van der Waals surface area contributed by atoms with Crippen LogP contribution in [0.15, 0.2) is 35.1 Å². The molecule has 0 amide bonds. The van der Waals surface area contributed by atoms with Crippen molar-refractivity contribution in [1.82, 2.24) is 29.9 Å². The Morgan fingerprint density at radius 3 is 3.00 bits per heavy atom. The van der Waals surface area contributed by atoms with Crippen molar-refractivity contribution in [3.05, 3.63) is 42.3 Å². The molecule has 2 aliphatic rings. The first kappa shape index (κ1) is 18.7. The molecule has 1 N–H and O–H groups in total. The number of fused-ring (bicyclic) bond motifs is 1. The molecular weight excluding hydrogens is 384 g/mol. The number of piperazine rings is 1. The zero-order valence-corrected chi connectivity index (χ0v) is 16.2. The fourth-order valence-corrected chi connectivity index (χ4v) is 3.53. The predicted molar refractivity (Wildman–Crippen MR) is 102 cm³/mol. The van der Waals surface area contributed by atoms with Crippen molar-refractivity contribution in [3.63, 3.8) is 0 Å². The number of aromatic nitrogens is 4. The van der Waals surface area contributed by atoms with Gasteiger partial charge in [0.1, 0.15) is 5.82 Å². The highest BCUT2D eigenvalue weighted by Gasteiger charge is 2.28. The summed E-state index contributed by atoms with van der Waals surface area (Å²) < 4.78 is 18.3. The van der Waals surface area contributed by atoms with Crippen LogP contribution in [0.25, 0.3) is 11.4 Å². The van der Waals surface area contributed by atoms with Crippen molar-refractivity contribution in [2.45, 2.75) is 12.6 Å². The maximum atomic E-state index is 5.51. The van der Waals surface area contributed by atoms with Crippen LogP contribution in [0, 0.1) is 0 Å². The van der Waals surface area contributed by atoms with Gasteiger partial charge in [-0.3, -0.25) is 4.90 Å². The van der Waals surface area contributed by atoms with Gasteiger partial charge in [0.05, 0.1) is 12.6 Å². The molecule has 1 saturated heterocycles. The highest BCUT2D eigenvalue weighted by Crippen LogP contribution is 2.35. The molecule has 1 unspecified atom stereocenters. The minimum atomic E-state index is 0. The van der Waals surface area contributed by atoms with E-state index >= 15 is 0 Å². The number of ether oxygens (including phenoxy) is 2. The van der Waals surface area contributed by atoms with Crippen molar-refractivity contribution in [1.29, 1.82) is 0 Å². The van der Waals surface area contributed by atoms with Crippen LogP contribution in [0.4, 0.5) is 0 Å². The fourth-order valence-electron chi connectivity index (χ4n) is 3.53. The van der Waals surface area contributed by atoms with Gasteiger partial charge in [0.15, 0.2) is 11.5 Å². The summed E-state index contributed by atoms with van der Waals surface area (Å²) in [4.78, 5) is 11.4. The van der Waals surface area contributed by atoms with E-state index < -0.39 is 0 Å². The molecule has 5 rings (SSSR count). The van der Waals surface area contributed by atoms with Crippen LogP contribution in [0.1, 0.15) is 17.8 Å². The zero-order valence-electron chi connectivity index (χ0n) is 15.4. The summed E-state index contributed by atoms with van der Waals surface area (Å²) in [7, 11) is 2.01. The molecule has 2 aromatic heterocycles. The number of imidazole rings is 1. The van der Waals surface area contributed by atoms with E-state index in [1.54, 1.807) is 0 Å². The molecule has 3 aromatic rings. The number of aryl methyl sites for hydroxylation is 1. The van der Waals surface area contributed by atoms with E-state index in [4.69, 9.17) is 14.0 Å². The summed E-state index contributed by atoms with van der Waals surface area (Å²) >= 11 is 0. The first-order valence-corrected chi connectivity index (χ1v) is 8.92. The third-order valence-electron chi connectivity index (χ3n) is 4.95. The van der Waals surface area contributed by atoms with E-state index in [1.807, 2.05) is 37.6 Å². The molecule has 1 fully saturated rings. The lowest BCUT2D eigenvalue weighted by atomic mass is 10.1. The lowest BCUT2D eigenvalue weighted by Gasteiger charge is -2.34. The standard InChI is InChI=1S/C18H20N6O3.ClH/c1-23-6-5-20-18(23)13-9-19-4-7-24(13)10-16-21-17(22-27-16)12-2-3-14-15(8-12)26-11-25-14;/h2-3,5-6,8,13,19H,4,7,9-11H2,1H3;1H. The summed E-state index contributed by atoms with van der Waals surface area (Å²) in [5, 5.41) is 7.57. The van der Waals surface area contributed by atoms with Gasteiger partial charge in [-0.2, -0.15) is 4.98 Å². The molecule has 4 heterocycles. The Morgan fingerprint density at radius 2 is 2.14 bits per heavy atom. The lowest BCUT2D eigenvalue weighted by molar-refractivity contribution is 0.128. The molecule has 0 saturated carbocycles. The van der Waals surface area contributed by atoms with Crippen LogP contribution in [-0.2, 0) is 13.6 Å². The average Bonchev–Trinajstić information content (AvgIpc) is 3.42. The van der Waals surface area contributed by atoms with E-state index in [1.165, 1.54) is 0 Å². The normalized spacial score (nSPS) is 18.8. The molecule has 1 atom stereocenters. The molecule has 10 heteroatoms. The summed E-state index contributed by atoms with van der Waals surface area (Å²) in [6, 6.07) is 5.81. The van der Waals surface area contributed by atoms with E-state index in [9.17, 15) is 0 Å². The Morgan fingerprint density at radius 1 is 1.25 bits per heavy atom. The second-order valence-electron chi connectivity index (χ2n) is 6.67. The van der Waals surface area contributed by atoms with Gasteiger partial charge < -0.3 is 23.9 Å². The number of halogens is 1. The molecule has 148 valence electrons. The average molecular weight is 405 g/mol. The van der Waals surface area contributed by atoms with Gasteiger partial charge in [0.25, 0.3) is 0 Å². The number of nitrogens with one attached hydrogen (secondary N) is 1. The topological polar surface area (TPSA) is 90.5 Å². The van der Waals surface area contributed by atoms with Gasteiger partial charge >= 0.3 is 0 Å². The predicted octanol–water partition coefficient (Wildman–Crippen LogP) is 1.77. The van der Waals surface area contributed by atoms with Crippen molar-refractivity contribution in [3.8, 4) is 22.9 Å². The third-order valence-corrected chi connectivity index (χ3v) is 4.95. The Labute approximate surface area is 168 Å². The van der Waals surface area contributed by atoms with Crippen LogP contribution in [0.5, 0.6) is 11.5 Å². The number of hydrogen-bond donors (Lipinski definition) is 1. The summed E-state index contributed by atoms with van der Waals surface area (Å²) in [5.41, 5.74) is 0.843. The number of benzene rings is 1. The van der Waals surface area contributed by atoms with Crippen molar-refractivity contribution < 1.29 is 14.0 Å². The minimum Gasteiger partial charge on any atom is -0.454 e. The maximum Gasteiger partial charge on any atom is 0.241 e. The summed E-state index contributed by atoms with van der Waals surface area (Å²) in [6.45, 7) is 3.47. The quantitative estimate of drug-likeness (QED) is 0.703. The number of nitrogens with zero attached hydrogens (tertiary/aromatic N) is 5. The molecule has 0 spiro atoms. The maximum absolute atomic E-state index is 5.51. The number of rotatable bonds is 4. The Kier molecular flexibility index (Phi) is 5.21. The first-order valence-electron chi connectivity index (χ1n) is 8.92. The Balaban J connectivity index is 0.00000192. The zero-order chi connectivity index (χ0) is 18.2. The van der Waals surface area contributed by atoms with E-state index in [2.05, 4.69) is 29.9 Å². The Bertz CT molecular complexity index is 958. The van der Waals surface area contributed by atoms with E-state index in [0.717, 1.165) is 36.8 Å². The molecular formula is C18H21ClN6O3. The van der Waals surface area contributed by atoms with E-state index in [-0.39, 0.29) is 25.2 Å². The number of hydrogen-bond acceptors (Lipinski definition) is 8. The second kappa shape index (κ2) is 7.78. The van der Waals surface area contributed by atoms with Crippen LogP contribution < -0.4 is 14.8 Å². The smallest absolute Gasteiger partial charge is 0.241 e. The molecule has 2 aliphatic heterocycles. The van der Waals surface area contributed by atoms with Gasteiger partial charge in [-0.1, -0.05) is 5.16 Å². The van der Waals surface area contributed by atoms with Crippen LogP contribution in [0.2, 0.25) is 0 Å². The SMILES string of the molecule is Cl.Cn1ccnc1C1CNCCN1Cc1nc(-c2ccc3c(c2)OCO3)no1. The molecule has 0 aliphatic carbocycles. The molecule has 0 radical (unpaired) electrons. The lowest BCUT2D eigenvalue weighted by Crippen LogP contribution is -2.46. The molecule has 28 heavy (non-hydrogen) atoms. The molecule has 0 bridgehead atoms. The minimum absolute atomic E-state index is 0. The summed E-state index contributed by atoms with van der Waals surface area (Å²) in [5.74, 6) is 3.60. The summed E-state index contributed by atoms with van der Waals surface area (Å²) in [6.07, 6.45) is 3.79.